The van der Waals surface area contributed by atoms with Gasteiger partial charge in [0.05, 0.1) is 11.9 Å². The van der Waals surface area contributed by atoms with E-state index in [1.54, 1.807) is 11.8 Å². The summed E-state index contributed by atoms with van der Waals surface area (Å²) in [7, 11) is -3.67. The molecule has 0 unspecified atom stereocenters. The molecule has 37 heavy (non-hydrogen) atoms. The molecule has 0 saturated heterocycles. The molecule has 0 aliphatic heterocycles. The Kier molecular flexibility index (Phi) is 10.6. The van der Waals surface area contributed by atoms with Crippen molar-refractivity contribution in [3.05, 3.63) is 120 Å². The molecule has 4 N–H and O–H groups in total. The van der Waals surface area contributed by atoms with Crippen molar-refractivity contribution >= 4 is 39.2 Å². The number of guanidine groups is 1. The molecule has 4 aromatic carbocycles. The highest BCUT2D eigenvalue weighted by molar-refractivity contribution is 7.98. The van der Waals surface area contributed by atoms with Crippen LogP contribution in [-0.2, 0) is 22.5 Å². The van der Waals surface area contributed by atoms with E-state index in [0.29, 0.717) is 18.8 Å². The predicted molar refractivity (Wildman–Crippen MR) is 152 cm³/mol. The average Bonchev–Trinajstić information content (AvgIpc) is 2.87. The number of hydrogen-bond acceptors (Lipinski definition) is 5. The lowest BCUT2D eigenvalue weighted by atomic mass is 10.2. The number of nitrogens with one attached hydrogen (secondary N) is 1. The molecule has 9 heteroatoms. The first kappa shape index (κ1) is 27.8. The second-order valence-electron chi connectivity index (χ2n) is 7.93. The van der Waals surface area contributed by atoms with Gasteiger partial charge in [0.25, 0.3) is 10.1 Å². The molecule has 0 aliphatic carbocycles. The van der Waals surface area contributed by atoms with Crippen LogP contribution in [0, 0.1) is 0 Å². The lowest BCUT2D eigenvalue weighted by molar-refractivity contribution is 0.306. The van der Waals surface area contributed by atoms with Crippen molar-refractivity contribution in [1.29, 1.82) is 0 Å². The van der Waals surface area contributed by atoms with Gasteiger partial charge in [0.1, 0.15) is 12.4 Å². The molecule has 4 aromatic rings. The summed E-state index contributed by atoms with van der Waals surface area (Å²) in [5.41, 5.74) is 10.2. The SMILES string of the molecule is CS(=O)(=O)O.NC(=Nc1ccc(SCc2ccccc2)cc1)Nc1cccc(OCc2ccccc2)c1. The Balaban J connectivity index is 0.000000695. The third-order valence-corrected chi connectivity index (χ3v) is 5.77. The molecule has 0 bridgehead atoms. The maximum Gasteiger partial charge on any atom is 0.261 e. The molecule has 0 aliphatic rings. The normalized spacial score (nSPS) is 11.2. The zero-order valence-electron chi connectivity index (χ0n) is 20.3. The standard InChI is InChI=1S/C27H25N3OS.CH4O3S/c28-27(29-23-14-16-26(17-15-23)32-20-22-10-5-2-6-11-22)30-24-12-7-13-25(18-24)31-19-21-8-3-1-4-9-21;1-5(2,3)4/h1-18H,19-20H2,(H3,28,29,30);1H3,(H,2,3,4). The first-order valence-corrected chi connectivity index (χ1v) is 14.2. The Labute approximate surface area is 222 Å². The lowest BCUT2D eigenvalue weighted by Crippen LogP contribution is -2.21. The van der Waals surface area contributed by atoms with Crippen LogP contribution in [0.3, 0.4) is 0 Å². The number of nitrogens with zero attached hydrogens (tertiary/aromatic N) is 1. The fraction of sp³-hybridized carbons (Fsp3) is 0.107. The van der Waals surface area contributed by atoms with Crippen LogP contribution in [0.15, 0.2) is 119 Å². The number of nitrogens with two attached hydrogens (primary N) is 1. The van der Waals surface area contributed by atoms with Crippen molar-refractivity contribution in [3.8, 4) is 5.75 Å². The van der Waals surface area contributed by atoms with Crippen LogP contribution in [-0.4, -0.2) is 25.2 Å². The highest BCUT2D eigenvalue weighted by atomic mass is 32.2. The van der Waals surface area contributed by atoms with Gasteiger partial charge in [-0.15, -0.1) is 11.8 Å². The van der Waals surface area contributed by atoms with Gasteiger partial charge in [-0.2, -0.15) is 8.42 Å². The number of rotatable bonds is 8. The zero-order valence-corrected chi connectivity index (χ0v) is 22.0. The Morgan fingerprint density at radius 3 is 2.11 bits per heavy atom. The van der Waals surface area contributed by atoms with Crippen LogP contribution in [0.2, 0.25) is 0 Å². The summed E-state index contributed by atoms with van der Waals surface area (Å²) in [4.78, 5) is 5.67. The topological polar surface area (TPSA) is 114 Å². The number of anilines is 1. The third kappa shape index (κ3) is 11.7. The van der Waals surface area contributed by atoms with Crippen LogP contribution in [0.1, 0.15) is 11.1 Å². The first-order chi connectivity index (χ1) is 17.7. The highest BCUT2D eigenvalue weighted by Gasteiger charge is 2.01. The van der Waals surface area contributed by atoms with Crippen molar-refractivity contribution < 1.29 is 17.7 Å². The molecule has 0 spiro atoms. The van der Waals surface area contributed by atoms with Gasteiger partial charge in [0.2, 0.25) is 0 Å². The van der Waals surface area contributed by atoms with E-state index in [1.807, 2.05) is 72.8 Å². The third-order valence-electron chi connectivity index (χ3n) is 4.69. The van der Waals surface area contributed by atoms with E-state index in [2.05, 4.69) is 46.7 Å². The molecule has 192 valence electrons. The second kappa shape index (κ2) is 14.1. The summed E-state index contributed by atoms with van der Waals surface area (Å²) in [6, 6.07) is 36.3. The predicted octanol–water partition coefficient (Wildman–Crippen LogP) is 6.12. The van der Waals surface area contributed by atoms with Crippen LogP contribution in [0.25, 0.3) is 0 Å². The number of ether oxygens (including phenoxy) is 1. The smallest absolute Gasteiger partial charge is 0.261 e. The minimum absolute atomic E-state index is 0.329. The zero-order chi connectivity index (χ0) is 26.5. The molecular weight excluding hydrogens is 506 g/mol. The van der Waals surface area contributed by atoms with Crippen LogP contribution in [0.4, 0.5) is 11.4 Å². The van der Waals surface area contributed by atoms with E-state index in [1.165, 1.54) is 10.5 Å². The molecule has 0 saturated carbocycles. The fourth-order valence-electron chi connectivity index (χ4n) is 3.08. The van der Waals surface area contributed by atoms with E-state index in [9.17, 15) is 8.42 Å². The van der Waals surface area contributed by atoms with Gasteiger partial charge in [-0.25, -0.2) is 4.99 Å². The monoisotopic (exact) mass is 535 g/mol. The largest absolute Gasteiger partial charge is 0.489 e. The molecule has 7 nitrogen and oxygen atoms in total. The van der Waals surface area contributed by atoms with Crippen molar-refractivity contribution in [2.24, 2.45) is 10.7 Å². The van der Waals surface area contributed by atoms with E-state index in [4.69, 9.17) is 15.0 Å². The van der Waals surface area contributed by atoms with Crippen molar-refractivity contribution in [1.82, 2.24) is 0 Å². The Bertz CT molecular complexity index is 1370. The number of hydrogen-bond donors (Lipinski definition) is 3. The minimum atomic E-state index is -3.67. The van der Waals surface area contributed by atoms with Gasteiger partial charge < -0.3 is 15.8 Å². The van der Waals surface area contributed by atoms with Crippen molar-refractivity contribution in [3.63, 3.8) is 0 Å². The van der Waals surface area contributed by atoms with E-state index in [0.717, 1.165) is 28.4 Å². The number of aliphatic imine (C=N–C) groups is 1. The molecule has 0 fully saturated rings. The maximum atomic E-state index is 9.19. The lowest BCUT2D eigenvalue weighted by Gasteiger charge is -2.10. The van der Waals surface area contributed by atoms with Gasteiger partial charge in [-0.3, -0.25) is 4.55 Å². The van der Waals surface area contributed by atoms with E-state index < -0.39 is 10.1 Å². The number of thioether (sulfide) groups is 1. The van der Waals surface area contributed by atoms with Crippen LogP contribution >= 0.6 is 11.8 Å². The fourth-order valence-corrected chi connectivity index (χ4v) is 3.93. The molecule has 0 radical (unpaired) electrons. The Morgan fingerprint density at radius 1 is 0.892 bits per heavy atom. The van der Waals surface area contributed by atoms with Gasteiger partial charge in [0.15, 0.2) is 5.96 Å². The average molecular weight is 536 g/mol. The van der Waals surface area contributed by atoms with Gasteiger partial charge in [0, 0.05) is 22.4 Å². The van der Waals surface area contributed by atoms with Crippen molar-refractivity contribution in [2.75, 3.05) is 11.6 Å². The van der Waals surface area contributed by atoms with Gasteiger partial charge >= 0.3 is 0 Å². The van der Waals surface area contributed by atoms with Crippen molar-refractivity contribution in [2.45, 2.75) is 17.3 Å². The molecule has 0 aromatic heterocycles. The molecule has 4 rings (SSSR count). The second-order valence-corrected chi connectivity index (χ2v) is 10.4. The highest BCUT2D eigenvalue weighted by Crippen LogP contribution is 2.25. The first-order valence-electron chi connectivity index (χ1n) is 11.3. The summed E-state index contributed by atoms with van der Waals surface area (Å²) < 4.78 is 31.7. The van der Waals surface area contributed by atoms with Gasteiger partial charge in [-0.05, 0) is 47.5 Å². The van der Waals surface area contributed by atoms with E-state index in [-0.39, 0.29) is 0 Å². The van der Waals surface area contributed by atoms with Gasteiger partial charge in [-0.1, -0.05) is 66.7 Å². The minimum Gasteiger partial charge on any atom is -0.489 e. The maximum absolute atomic E-state index is 9.19. The Hall–Kier alpha value is -3.79. The number of benzene rings is 4. The molecule has 0 heterocycles. The van der Waals surface area contributed by atoms with Crippen LogP contribution < -0.4 is 15.8 Å². The summed E-state index contributed by atoms with van der Waals surface area (Å²) in [6.45, 7) is 0.516. The summed E-state index contributed by atoms with van der Waals surface area (Å²) in [5.74, 6) is 2.04. The Morgan fingerprint density at radius 2 is 1.49 bits per heavy atom. The molecular formula is C28H29N3O4S2. The van der Waals surface area contributed by atoms with Crippen LogP contribution in [0.5, 0.6) is 5.75 Å². The molecule has 0 atom stereocenters. The summed E-state index contributed by atoms with van der Waals surface area (Å²) in [6.07, 6.45) is 0.715. The molecule has 0 amide bonds. The van der Waals surface area contributed by atoms with E-state index >= 15 is 0 Å². The quantitative estimate of drug-likeness (QED) is 0.108. The summed E-state index contributed by atoms with van der Waals surface area (Å²) >= 11 is 1.80. The summed E-state index contributed by atoms with van der Waals surface area (Å²) in [5, 5.41) is 3.13.